The third kappa shape index (κ3) is 9.17. The number of benzene rings is 1. The van der Waals surface area contributed by atoms with Gasteiger partial charge in [0.25, 0.3) is 0 Å². The average molecular weight is 417 g/mol. The lowest BCUT2D eigenvalue weighted by Crippen LogP contribution is -2.49. The Morgan fingerprint density at radius 3 is 2.28 bits per heavy atom. The van der Waals surface area contributed by atoms with Gasteiger partial charge in [0.1, 0.15) is 11.6 Å². The van der Waals surface area contributed by atoms with Crippen LogP contribution in [0.5, 0.6) is 0 Å². The topological polar surface area (TPSA) is 61.9 Å². The Morgan fingerprint density at radius 1 is 1.14 bits per heavy atom. The minimum Gasteiger partial charge on any atom is -0.444 e. The number of hydrogen-bond acceptors (Lipinski definition) is 4. The van der Waals surface area contributed by atoms with E-state index in [1.165, 1.54) is 24.0 Å². The van der Waals surface area contributed by atoms with Crippen LogP contribution in [0.3, 0.4) is 0 Å². The van der Waals surface area contributed by atoms with E-state index in [-0.39, 0.29) is 6.54 Å². The van der Waals surface area contributed by atoms with Crippen LogP contribution < -0.4 is 5.32 Å². The van der Waals surface area contributed by atoms with Crippen molar-refractivity contribution < 1.29 is 27.5 Å². The maximum absolute atomic E-state index is 13.0. The van der Waals surface area contributed by atoms with E-state index < -0.39 is 35.4 Å². The summed E-state index contributed by atoms with van der Waals surface area (Å²) < 4.78 is 44.1. The molecule has 0 saturated carbocycles. The molecule has 6 nitrogen and oxygen atoms in total. The van der Waals surface area contributed by atoms with Crippen LogP contribution in [0.1, 0.15) is 38.8 Å². The number of alkyl carbamates (subject to hydrolysis) is 1. The van der Waals surface area contributed by atoms with Crippen LogP contribution in [0, 0.1) is 0 Å². The molecule has 0 saturated heterocycles. The predicted octanol–water partition coefficient (Wildman–Crippen LogP) is 3.51. The molecule has 0 radical (unpaired) electrons. The van der Waals surface area contributed by atoms with Crippen LogP contribution in [-0.4, -0.2) is 60.6 Å². The number of amides is 2. The van der Waals surface area contributed by atoms with E-state index in [1.54, 1.807) is 20.8 Å². The highest BCUT2D eigenvalue weighted by Gasteiger charge is 2.31. The third-order valence-electron chi connectivity index (χ3n) is 3.86. The summed E-state index contributed by atoms with van der Waals surface area (Å²) in [5.74, 6) is -0.407. The number of carbonyl (C=O) groups is 2. The summed E-state index contributed by atoms with van der Waals surface area (Å²) in [6.45, 7) is 7.44. The number of nitrogens with zero attached hydrogens (tertiary/aromatic N) is 2. The molecule has 2 amide bonds. The molecule has 0 aliphatic rings. The molecule has 0 fully saturated rings. The van der Waals surface area contributed by atoms with Crippen LogP contribution in [0.4, 0.5) is 18.0 Å². The van der Waals surface area contributed by atoms with Crippen LogP contribution in [0.15, 0.2) is 24.3 Å². The van der Waals surface area contributed by atoms with E-state index in [0.717, 1.165) is 12.1 Å². The first-order chi connectivity index (χ1) is 13.2. The van der Waals surface area contributed by atoms with Gasteiger partial charge in [-0.25, -0.2) is 4.79 Å². The summed E-state index contributed by atoms with van der Waals surface area (Å²) in [6.07, 6.45) is -5.19. The van der Waals surface area contributed by atoms with Crippen LogP contribution in [0.2, 0.25) is 0 Å². The predicted molar refractivity (Wildman–Crippen MR) is 104 cm³/mol. The normalized spacial score (nSPS) is 13.2. The van der Waals surface area contributed by atoms with Gasteiger partial charge in [0.05, 0.1) is 5.56 Å². The van der Waals surface area contributed by atoms with Gasteiger partial charge in [0.15, 0.2) is 0 Å². The Kier molecular flexibility index (Phi) is 8.50. The second kappa shape index (κ2) is 9.96. The molecule has 0 aliphatic carbocycles. The Balaban J connectivity index is 2.94. The highest BCUT2D eigenvalue weighted by atomic mass is 19.4. The van der Waals surface area contributed by atoms with Crippen molar-refractivity contribution in [2.75, 3.05) is 27.2 Å². The van der Waals surface area contributed by atoms with Crippen LogP contribution in [0.25, 0.3) is 0 Å². The van der Waals surface area contributed by atoms with Gasteiger partial charge in [-0.05, 0) is 59.5 Å². The molecule has 0 heterocycles. The number of hydrogen-bond donors (Lipinski definition) is 1. The highest BCUT2D eigenvalue weighted by Crippen LogP contribution is 2.29. The number of alkyl halides is 3. The zero-order valence-electron chi connectivity index (χ0n) is 17.8. The van der Waals surface area contributed by atoms with Crippen molar-refractivity contribution >= 4 is 12.0 Å². The number of ether oxygens (including phenoxy) is 1. The maximum Gasteiger partial charge on any atom is 0.416 e. The summed E-state index contributed by atoms with van der Waals surface area (Å²) >= 11 is 0. The Hall–Kier alpha value is -2.29. The Bertz CT molecular complexity index is 700. The van der Waals surface area contributed by atoms with E-state index in [2.05, 4.69) is 5.32 Å². The van der Waals surface area contributed by atoms with Gasteiger partial charge in [-0.1, -0.05) is 12.1 Å². The van der Waals surface area contributed by atoms with Crippen molar-refractivity contribution in [1.29, 1.82) is 0 Å². The van der Waals surface area contributed by atoms with Gasteiger partial charge < -0.3 is 19.9 Å². The van der Waals surface area contributed by atoms with E-state index in [1.807, 2.05) is 19.0 Å². The van der Waals surface area contributed by atoms with E-state index in [0.29, 0.717) is 18.7 Å². The zero-order valence-corrected chi connectivity index (χ0v) is 17.8. The van der Waals surface area contributed by atoms with Gasteiger partial charge >= 0.3 is 12.3 Å². The number of carbonyl (C=O) groups excluding carboxylic acids is 2. The Morgan fingerprint density at radius 2 is 1.76 bits per heavy atom. The van der Waals surface area contributed by atoms with E-state index >= 15 is 0 Å². The molecule has 1 N–H and O–H groups in total. The fourth-order valence-electron chi connectivity index (χ4n) is 2.47. The fraction of sp³-hybridized carbons (Fsp3) is 0.600. The molecular formula is C20H30F3N3O3. The monoisotopic (exact) mass is 417 g/mol. The molecule has 0 bridgehead atoms. The first-order valence-corrected chi connectivity index (χ1v) is 9.28. The lowest BCUT2D eigenvalue weighted by molar-refractivity contribution is -0.137. The van der Waals surface area contributed by atoms with Crippen molar-refractivity contribution in [3.05, 3.63) is 35.4 Å². The Labute approximate surface area is 170 Å². The lowest BCUT2D eigenvalue weighted by atomic mass is 10.1. The van der Waals surface area contributed by atoms with Crippen molar-refractivity contribution in [1.82, 2.24) is 15.1 Å². The number of likely N-dealkylation sites (N-methyl/N-ethyl adjacent to an activating group) is 1. The molecule has 1 rings (SSSR count). The fourth-order valence-corrected chi connectivity index (χ4v) is 2.47. The molecular weight excluding hydrogens is 387 g/mol. The molecule has 1 aromatic rings. The molecule has 164 valence electrons. The van der Waals surface area contributed by atoms with Gasteiger partial charge in [-0.3, -0.25) is 4.79 Å². The third-order valence-corrected chi connectivity index (χ3v) is 3.86. The van der Waals surface area contributed by atoms with Crippen LogP contribution >= 0.6 is 0 Å². The minimum atomic E-state index is -4.46. The second-order valence-corrected chi connectivity index (χ2v) is 8.13. The van der Waals surface area contributed by atoms with E-state index in [9.17, 15) is 22.8 Å². The molecule has 9 heteroatoms. The summed E-state index contributed by atoms with van der Waals surface area (Å²) in [4.78, 5) is 28.1. The first-order valence-electron chi connectivity index (χ1n) is 9.28. The maximum atomic E-state index is 13.0. The molecule has 0 aliphatic heterocycles. The van der Waals surface area contributed by atoms with Gasteiger partial charge in [0.2, 0.25) is 5.91 Å². The molecule has 1 atom stereocenters. The van der Waals surface area contributed by atoms with Gasteiger partial charge in [-0.15, -0.1) is 0 Å². The summed E-state index contributed by atoms with van der Waals surface area (Å²) in [5.41, 5.74) is -1.12. The molecule has 1 aromatic carbocycles. The second-order valence-electron chi connectivity index (χ2n) is 8.13. The smallest absolute Gasteiger partial charge is 0.416 e. The number of halogens is 3. The summed E-state index contributed by atoms with van der Waals surface area (Å²) in [6, 6.07) is 3.98. The quantitative estimate of drug-likeness (QED) is 0.738. The van der Waals surface area contributed by atoms with Gasteiger partial charge in [-0.2, -0.15) is 13.2 Å². The summed E-state index contributed by atoms with van der Waals surface area (Å²) in [7, 11) is 3.66. The summed E-state index contributed by atoms with van der Waals surface area (Å²) in [5, 5.41) is 2.48. The van der Waals surface area contributed by atoms with Crippen molar-refractivity contribution in [2.45, 2.75) is 52.1 Å². The van der Waals surface area contributed by atoms with E-state index in [4.69, 9.17) is 4.74 Å². The zero-order chi connectivity index (χ0) is 22.4. The largest absolute Gasteiger partial charge is 0.444 e. The molecule has 29 heavy (non-hydrogen) atoms. The highest BCUT2D eigenvalue weighted by molar-refractivity contribution is 5.85. The lowest BCUT2D eigenvalue weighted by Gasteiger charge is -2.28. The molecule has 0 spiro atoms. The standard InChI is InChI=1S/C20H30F3N3O3/c1-14(24-18(28)29-19(2,3)4)17(27)26(11-10-25(5)6)13-15-8-7-9-16(12-15)20(21,22)23/h7-9,12,14H,10-11,13H2,1-6H3,(H,24,28)/t14-/m1/s1. The van der Waals surface area contributed by atoms with Crippen molar-refractivity contribution in [3.8, 4) is 0 Å². The molecule has 0 aromatic heterocycles. The van der Waals surface area contributed by atoms with Crippen molar-refractivity contribution in [2.24, 2.45) is 0 Å². The molecule has 0 unspecified atom stereocenters. The number of rotatable bonds is 7. The number of nitrogens with one attached hydrogen (secondary N) is 1. The van der Waals surface area contributed by atoms with Crippen molar-refractivity contribution in [3.63, 3.8) is 0 Å². The average Bonchev–Trinajstić information content (AvgIpc) is 2.55. The van der Waals surface area contributed by atoms with Crippen LogP contribution in [-0.2, 0) is 22.3 Å². The SMILES string of the molecule is C[C@@H](NC(=O)OC(C)(C)C)C(=O)N(CCN(C)C)Cc1cccc(C(F)(F)F)c1. The first kappa shape index (κ1) is 24.7. The minimum absolute atomic E-state index is 0.00304. The van der Waals surface area contributed by atoms with Gasteiger partial charge in [0, 0.05) is 19.6 Å².